The number of para-hydroxylation sites is 1. The summed E-state index contributed by atoms with van der Waals surface area (Å²) in [5.41, 5.74) is 1.43. The molecule has 0 fully saturated rings. The fourth-order valence-corrected chi connectivity index (χ4v) is 2.05. The van der Waals surface area contributed by atoms with Crippen molar-refractivity contribution in [3.05, 3.63) is 54.1 Å². The molecule has 0 aromatic heterocycles. The van der Waals surface area contributed by atoms with E-state index in [-0.39, 0.29) is 12.3 Å². The van der Waals surface area contributed by atoms with Gasteiger partial charge in [-0.25, -0.2) is 0 Å². The summed E-state index contributed by atoms with van der Waals surface area (Å²) in [6.07, 6.45) is 0. The smallest absolute Gasteiger partial charge is 0.323 e. The van der Waals surface area contributed by atoms with Gasteiger partial charge >= 0.3 is 5.97 Å². The van der Waals surface area contributed by atoms with Crippen molar-refractivity contribution in [2.75, 3.05) is 18.6 Å². The fraction of sp³-hybridized carbons (Fsp3) is 0.188. The van der Waals surface area contributed by atoms with Gasteiger partial charge in [-0.15, -0.1) is 0 Å². The van der Waals surface area contributed by atoms with Crippen LogP contribution in [-0.2, 0) is 11.3 Å². The molecule has 0 atom stereocenters. The third-order valence-corrected chi connectivity index (χ3v) is 3.10. The van der Waals surface area contributed by atoms with Crippen molar-refractivity contribution < 1.29 is 19.7 Å². The standard InChI is InChI=1S/C16H17NO4/c1-21-14-8-7-12(15(18)9-14)10-17(11-16(19)20)13-5-3-2-4-6-13/h2-9,18H,10-11H2,1H3,(H,19,20). The number of methoxy groups -OCH3 is 1. The van der Waals surface area contributed by atoms with Crippen LogP contribution in [0.25, 0.3) is 0 Å². The largest absolute Gasteiger partial charge is 0.507 e. The van der Waals surface area contributed by atoms with Crippen molar-refractivity contribution in [2.24, 2.45) is 0 Å². The Morgan fingerprint density at radius 1 is 1.19 bits per heavy atom. The van der Waals surface area contributed by atoms with Crippen LogP contribution in [0.2, 0.25) is 0 Å². The number of phenols is 1. The van der Waals surface area contributed by atoms with Gasteiger partial charge in [0.1, 0.15) is 18.0 Å². The highest BCUT2D eigenvalue weighted by Crippen LogP contribution is 2.26. The molecule has 0 aliphatic carbocycles. The zero-order chi connectivity index (χ0) is 15.2. The van der Waals surface area contributed by atoms with E-state index in [1.165, 1.54) is 13.2 Å². The highest BCUT2D eigenvalue weighted by molar-refractivity contribution is 5.73. The number of nitrogens with zero attached hydrogens (tertiary/aromatic N) is 1. The third kappa shape index (κ3) is 3.89. The number of ether oxygens (including phenoxy) is 1. The maximum atomic E-state index is 11.0. The molecule has 110 valence electrons. The maximum absolute atomic E-state index is 11.0. The van der Waals surface area contributed by atoms with Gasteiger partial charge in [0, 0.05) is 23.9 Å². The predicted octanol–water partition coefficient (Wildman–Crippen LogP) is 2.49. The number of carboxylic acids is 1. The fourth-order valence-electron chi connectivity index (χ4n) is 2.05. The van der Waals surface area contributed by atoms with E-state index in [0.717, 1.165) is 5.69 Å². The van der Waals surface area contributed by atoms with E-state index >= 15 is 0 Å². The molecular formula is C16H17NO4. The van der Waals surface area contributed by atoms with Crippen LogP contribution in [0.3, 0.4) is 0 Å². The normalized spacial score (nSPS) is 10.1. The Hall–Kier alpha value is -2.69. The summed E-state index contributed by atoms with van der Waals surface area (Å²) >= 11 is 0. The second-order valence-corrected chi connectivity index (χ2v) is 4.58. The number of carboxylic acid groups (broad SMARTS) is 1. The third-order valence-electron chi connectivity index (χ3n) is 3.10. The van der Waals surface area contributed by atoms with Gasteiger partial charge in [-0.3, -0.25) is 4.79 Å². The SMILES string of the molecule is COc1ccc(CN(CC(=O)O)c2ccccc2)c(O)c1. The molecule has 0 aliphatic rings. The predicted molar refractivity (Wildman–Crippen MR) is 79.8 cm³/mol. The average molecular weight is 287 g/mol. The minimum Gasteiger partial charge on any atom is -0.507 e. The first kappa shape index (κ1) is 14.7. The molecule has 0 unspecified atom stereocenters. The highest BCUT2D eigenvalue weighted by Gasteiger charge is 2.13. The zero-order valence-corrected chi connectivity index (χ0v) is 11.7. The summed E-state index contributed by atoms with van der Waals surface area (Å²) < 4.78 is 5.04. The number of rotatable bonds is 6. The molecule has 21 heavy (non-hydrogen) atoms. The molecule has 0 amide bonds. The van der Waals surface area contributed by atoms with Crippen molar-refractivity contribution in [1.29, 1.82) is 0 Å². The molecule has 2 aromatic carbocycles. The van der Waals surface area contributed by atoms with E-state index in [4.69, 9.17) is 9.84 Å². The van der Waals surface area contributed by atoms with Gasteiger partial charge in [-0.1, -0.05) is 18.2 Å². The van der Waals surface area contributed by atoms with E-state index in [2.05, 4.69) is 0 Å². The molecule has 0 saturated carbocycles. The zero-order valence-electron chi connectivity index (χ0n) is 11.7. The van der Waals surface area contributed by atoms with Crippen LogP contribution in [0.4, 0.5) is 5.69 Å². The quantitative estimate of drug-likeness (QED) is 0.854. The number of phenolic OH excluding ortho intramolecular Hbond substituents is 1. The second kappa shape index (κ2) is 6.65. The number of aliphatic carboxylic acids is 1. The van der Waals surface area contributed by atoms with Crippen LogP contribution in [0, 0.1) is 0 Å². The van der Waals surface area contributed by atoms with Crippen molar-refractivity contribution in [2.45, 2.75) is 6.54 Å². The van der Waals surface area contributed by atoms with Gasteiger partial charge in [0.25, 0.3) is 0 Å². The first-order chi connectivity index (χ1) is 10.1. The summed E-state index contributed by atoms with van der Waals surface area (Å²) in [6, 6.07) is 14.2. The second-order valence-electron chi connectivity index (χ2n) is 4.58. The first-order valence-corrected chi connectivity index (χ1v) is 6.48. The number of aromatic hydroxyl groups is 1. The van der Waals surface area contributed by atoms with Crippen LogP contribution >= 0.6 is 0 Å². The van der Waals surface area contributed by atoms with E-state index in [9.17, 15) is 9.90 Å². The van der Waals surface area contributed by atoms with Crippen molar-refractivity contribution in [1.82, 2.24) is 0 Å². The summed E-state index contributed by atoms with van der Waals surface area (Å²) in [6.45, 7) is 0.154. The lowest BCUT2D eigenvalue weighted by atomic mass is 10.1. The number of benzene rings is 2. The average Bonchev–Trinajstić information content (AvgIpc) is 2.49. The molecule has 5 nitrogen and oxygen atoms in total. The number of carbonyl (C=O) groups is 1. The summed E-state index contributed by atoms with van der Waals surface area (Å²) in [4.78, 5) is 12.7. The van der Waals surface area contributed by atoms with Gasteiger partial charge in [0.05, 0.1) is 7.11 Å². The van der Waals surface area contributed by atoms with Crippen LogP contribution in [-0.4, -0.2) is 29.8 Å². The highest BCUT2D eigenvalue weighted by atomic mass is 16.5. The molecule has 2 aromatic rings. The molecule has 5 heteroatoms. The van der Waals surface area contributed by atoms with Gasteiger partial charge in [-0.2, -0.15) is 0 Å². The Bertz CT molecular complexity index is 613. The lowest BCUT2D eigenvalue weighted by molar-refractivity contribution is -0.135. The molecule has 0 aliphatic heterocycles. The molecule has 0 heterocycles. The molecule has 2 rings (SSSR count). The minimum absolute atomic E-state index is 0.0840. The van der Waals surface area contributed by atoms with Crippen LogP contribution in [0.1, 0.15) is 5.56 Å². The minimum atomic E-state index is -0.924. The summed E-state index contributed by atoms with van der Waals surface area (Å²) in [5.74, 6) is -0.284. The Balaban J connectivity index is 2.25. The van der Waals surface area contributed by atoms with Crippen LogP contribution in [0.15, 0.2) is 48.5 Å². The Kier molecular flexibility index (Phi) is 4.66. The van der Waals surface area contributed by atoms with Crippen molar-refractivity contribution in [3.8, 4) is 11.5 Å². The number of hydrogen-bond acceptors (Lipinski definition) is 4. The molecular weight excluding hydrogens is 270 g/mol. The topological polar surface area (TPSA) is 70.0 Å². The van der Waals surface area contributed by atoms with Crippen LogP contribution in [0.5, 0.6) is 11.5 Å². The van der Waals surface area contributed by atoms with Gasteiger partial charge < -0.3 is 19.8 Å². The number of hydrogen-bond donors (Lipinski definition) is 2. The summed E-state index contributed by atoms with van der Waals surface area (Å²) in [5, 5.41) is 19.0. The maximum Gasteiger partial charge on any atom is 0.323 e. The van der Waals surface area contributed by atoms with Crippen molar-refractivity contribution in [3.63, 3.8) is 0 Å². The Labute approximate surface area is 123 Å². The monoisotopic (exact) mass is 287 g/mol. The molecule has 0 radical (unpaired) electrons. The van der Waals surface area contributed by atoms with E-state index in [1.807, 2.05) is 30.3 Å². The lowest BCUT2D eigenvalue weighted by Gasteiger charge is -2.23. The summed E-state index contributed by atoms with van der Waals surface area (Å²) in [7, 11) is 1.52. The lowest BCUT2D eigenvalue weighted by Crippen LogP contribution is -2.29. The Morgan fingerprint density at radius 2 is 1.90 bits per heavy atom. The number of anilines is 1. The first-order valence-electron chi connectivity index (χ1n) is 6.48. The molecule has 0 saturated heterocycles. The van der Waals surface area contributed by atoms with Crippen LogP contribution < -0.4 is 9.64 Å². The van der Waals surface area contributed by atoms with Gasteiger partial charge in [0.2, 0.25) is 0 Å². The van der Waals surface area contributed by atoms with Gasteiger partial charge in [0.15, 0.2) is 0 Å². The molecule has 2 N–H and O–H groups in total. The van der Waals surface area contributed by atoms with E-state index < -0.39 is 5.97 Å². The van der Waals surface area contributed by atoms with Gasteiger partial charge in [-0.05, 0) is 24.3 Å². The van der Waals surface area contributed by atoms with E-state index in [1.54, 1.807) is 17.0 Å². The molecule has 0 bridgehead atoms. The Morgan fingerprint density at radius 3 is 2.48 bits per heavy atom. The van der Waals surface area contributed by atoms with Crippen molar-refractivity contribution >= 4 is 11.7 Å². The van der Waals surface area contributed by atoms with E-state index in [0.29, 0.717) is 17.9 Å². The molecule has 0 spiro atoms.